The van der Waals surface area contributed by atoms with Gasteiger partial charge in [0.05, 0.1) is 0 Å². The molecule has 0 unspecified atom stereocenters. The van der Waals surface area contributed by atoms with E-state index in [0.29, 0.717) is 6.26 Å². The molecule has 0 aliphatic rings. The maximum absolute atomic E-state index is 9.09. The third-order valence-corrected chi connectivity index (χ3v) is 2.00. The molecule has 0 bridgehead atoms. The second-order valence-electron chi connectivity index (χ2n) is 3.34. The molecule has 0 aliphatic carbocycles. The van der Waals surface area contributed by atoms with Crippen molar-refractivity contribution < 1.29 is 15.3 Å². The van der Waals surface area contributed by atoms with Crippen LogP contribution in [0.5, 0.6) is 0 Å². The molecular weight excluding hydrogens is 192 g/mol. The first-order valence-corrected chi connectivity index (χ1v) is 5.31. The molecule has 0 aliphatic heterocycles. The molecule has 0 fully saturated rings. The summed E-state index contributed by atoms with van der Waals surface area (Å²) in [5.41, 5.74) is 0. The van der Waals surface area contributed by atoms with Gasteiger partial charge in [0.1, 0.15) is 6.26 Å². The lowest BCUT2D eigenvalue weighted by atomic mass is 10.1. The zero-order valence-corrected chi connectivity index (χ0v) is 9.19. The highest BCUT2D eigenvalue weighted by atomic mass is 16.3. The molecule has 0 saturated carbocycles. The summed E-state index contributed by atoms with van der Waals surface area (Å²) < 4.78 is 0. The molecule has 0 heterocycles. The predicted octanol–water partition coefficient (Wildman–Crippen LogP) is 3.91. The van der Waals surface area contributed by atoms with Crippen molar-refractivity contribution in [1.82, 2.24) is 0 Å². The van der Waals surface area contributed by atoms with Crippen molar-refractivity contribution >= 4 is 0 Å². The van der Waals surface area contributed by atoms with E-state index in [1.807, 2.05) is 6.08 Å². The topological polar surface area (TPSA) is 60.7 Å². The number of allylic oxidation sites excluding steroid dienone is 3. The van der Waals surface area contributed by atoms with Crippen LogP contribution in [0, 0.1) is 0 Å². The van der Waals surface area contributed by atoms with E-state index in [9.17, 15) is 0 Å². The smallest absolute Gasteiger partial charge is 0.192 e. The minimum Gasteiger partial charge on any atom is -0.512 e. The number of aliphatic hydroxyl groups is 3. The van der Waals surface area contributed by atoms with Crippen molar-refractivity contribution in [2.24, 2.45) is 0 Å². The second kappa shape index (κ2) is 9.19. The lowest BCUT2D eigenvalue weighted by molar-refractivity contribution is 0.304. The Bertz CT molecular complexity index is 239. The van der Waals surface area contributed by atoms with Gasteiger partial charge in [0.25, 0.3) is 0 Å². The molecule has 0 radical (unpaired) electrons. The van der Waals surface area contributed by atoms with Crippen LogP contribution in [0.2, 0.25) is 0 Å². The van der Waals surface area contributed by atoms with Gasteiger partial charge in [-0.2, -0.15) is 0 Å². The maximum atomic E-state index is 9.09. The van der Waals surface area contributed by atoms with E-state index >= 15 is 0 Å². The molecule has 0 aromatic rings. The number of aliphatic hydroxyl groups excluding tert-OH is 3. The summed E-state index contributed by atoms with van der Waals surface area (Å²) in [6.45, 7) is 2.17. The zero-order chi connectivity index (χ0) is 11.5. The summed E-state index contributed by atoms with van der Waals surface area (Å²) in [6.07, 6.45) is 11.2. The molecule has 0 atom stereocenters. The highest BCUT2D eigenvalue weighted by Crippen LogP contribution is 2.04. The maximum Gasteiger partial charge on any atom is 0.192 e. The molecular formula is C12H20O3. The Hall–Kier alpha value is -1.38. The predicted molar refractivity (Wildman–Crippen MR) is 62.0 cm³/mol. The fourth-order valence-electron chi connectivity index (χ4n) is 1.10. The largest absolute Gasteiger partial charge is 0.512 e. The minimum absolute atomic E-state index is 0.331. The summed E-state index contributed by atoms with van der Waals surface area (Å²) >= 11 is 0. The average Bonchev–Trinajstić information content (AvgIpc) is 2.26. The molecule has 0 spiro atoms. The highest BCUT2D eigenvalue weighted by molar-refractivity contribution is 5.20. The Kier molecular flexibility index (Phi) is 8.34. The number of hydrogen-bond donors (Lipinski definition) is 3. The molecule has 0 aromatic carbocycles. The van der Waals surface area contributed by atoms with Crippen molar-refractivity contribution in [3.63, 3.8) is 0 Å². The van der Waals surface area contributed by atoms with Crippen LogP contribution < -0.4 is 0 Å². The fourth-order valence-corrected chi connectivity index (χ4v) is 1.10. The molecule has 0 saturated heterocycles. The van der Waals surface area contributed by atoms with E-state index < -0.39 is 5.76 Å². The third-order valence-electron chi connectivity index (χ3n) is 2.00. The Balaban J connectivity index is 3.70. The van der Waals surface area contributed by atoms with Gasteiger partial charge in [0.2, 0.25) is 0 Å². The van der Waals surface area contributed by atoms with Crippen molar-refractivity contribution in [3.05, 3.63) is 36.0 Å². The van der Waals surface area contributed by atoms with Gasteiger partial charge >= 0.3 is 0 Å². The van der Waals surface area contributed by atoms with Gasteiger partial charge in [-0.15, -0.1) is 0 Å². The SMILES string of the molecule is CCCCCCC=CC=C(O)C(O)=CO. The van der Waals surface area contributed by atoms with Crippen LogP contribution in [0.15, 0.2) is 36.0 Å². The van der Waals surface area contributed by atoms with Crippen LogP contribution in [-0.2, 0) is 0 Å². The van der Waals surface area contributed by atoms with Crippen molar-refractivity contribution in [3.8, 4) is 0 Å². The first-order chi connectivity index (χ1) is 7.22. The van der Waals surface area contributed by atoms with Crippen LogP contribution in [0.3, 0.4) is 0 Å². The van der Waals surface area contributed by atoms with Gasteiger partial charge < -0.3 is 15.3 Å². The van der Waals surface area contributed by atoms with Crippen LogP contribution in [0.25, 0.3) is 0 Å². The summed E-state index contributed by atoms with van der Waals surface area (Å²) in [7, 11) is 0. The first kappa shape index (κ1) is 13.6. The van der Waals surface area contributed by atoms with E-state index in [1.54, 1.807) is 6.08 Å². The molecule has 3 heteroatoms. The summed E-state index contributed by atoms with van der Waals surface area (Å²) in [5, 5.41) is 26.3. The van der Waals surface area contributed by atoms with Gasteiger partial charge in [0.15, 0.2) is 11.5 Å². The monoisotopic (exact) mass is 212 g/mol. The number of unbranched alkanes of at least 4 members (excludes halogenated alkanes) is 4. The Morgan fingerprint density at radius 1 is 1.07 bits per heavy atom. The van der Waals surface area contributed by atoms with E-state index in [1.165, 1.54) is 25.3 Å². The van der Waals surface area contributed by atoms with Crippen LogP contribution >= 0.6 is 0 Å². The third kappa shape index (κ3) is 7.67. The molecule has 86 valence electrons. The van der Waals surface area contributed by atoms with Crippen LogP contribution in [-0.4, -0.2) is 15.3 Å². The quantitative estimate of drug-likeness (QED) is 0.340. The van der Waals surface area contributed by atoms with Crippen molar-refractivity contribution in [2.75, 3.05) is 0 Å². The highest BCUT2D eigenvalue weighted by Gasteiger charge is 1.95. The summed E-state index contributed by atoms with van der Waals surface area (Å²) in [5.74, 6) is -0.854. The van der Waals surface area contributed by atoms with Gasteiger partial charge in [-0.3, -0.25) is 0 Å². The van der Waals surface area contributed by atoms with Crippen molar-refractivity contribution in [2.45, 2.75) is 39.0 Å². The van der Waals surface area contributed by atoms with Crippen LogP contribution in [0.4, 0.5) is 0 Å². The van der Waals surface area contributed by atoms with Gasteiger partial charge in [-0.05, 0) is 18.9 Å². The summed E-state index contributed by atoms with van der Waals surface area (Å²) in [4.78, 5) is 0. The molecule has 15 heavy (non-hydrogen) atoms. The van der Waals surface area contributed by atoms with Crippen LogP contribution in [0.1, 0.15) is 39.0 Å². The Morgan fingerprint density at radius 3 is 2.40 bits per heavy atom. The molecule has 0 aromatic heterocycles. The normalized spacial score (nSPS) is 13.7. The van der Waals surface area contributed by atoms with E-state index in [0.717, 1.165) is 12.8 Å². The van der Waals surface area contributed by atoms with Gasteiger partial charge in [-0.25, -0.2) is 0 Å². The standard InChI is InChI=1S/C12H20O3/c1-2-3-4-5-6-7-8-9-11(14)12(15)10-13/h7-10,13-15H,2-6H2,1H3. The molecule has 3 nitrogen and oxygen atoms in total. The summed E-state index contributed by atoms with van der Waals surface area (Å²) in [6, 6.07) is 0. The molecule has 0 rings (SSSR count). The Morgan fingerprint density at radius 2 is 1.80 bits per heavy atom. The lowest BCUT2D eigenvalue weighted by Crippen LogP contribution is -1.85. The van der Waals surface area contributed by atoms with Crippen molar-refractivity contribution in [1.29, 1.82) is 0 Å². The fraction of sp³-hybridized carbons (Fsp3) is 0.500. The average molecular weight is 212 g/mol. The number of hydrogen-bond acceptors (Lipinski definition) is 3. The first-order valence-electron chi connectivity index (χ1n) is 5.31. The molecule has 3 N–H and O–H groups in total. The minimum atomic E-state index is -0.523. The van der Waals surface area contributed by atoms with E-state index in [4.69, 9.17) is 15.3 Å². The second-order valence-corrected chi connectivity index (χ2v) is 3.34. The number of rotatable bonds is 7. The van der Waals surface area contributed by atoms with Gasteiger partial charge in [0, 0.05) is 0 Å². The zero-order valence-electron chi connectivity index (χ0n) is 9.19. The van der Waals surface area contributed by atoms with E-state index in [2.05, 4.69) is 6.92 Å². The van der Waals surface area contributed by atoms with Gasteiger partial charge in [-0.1, -0.05) is 38.3 Å². The Labute approximate surface area is 91.1 Å². The lowest BCUT2D eigenvalue weighted by Gasteiger charge is -1.94. The van der Waals surface area contributed by atoms with E-state index in [-0.39, 0.29) is 5.76 Å². The molecule has 0 amide bonds.